The minimum absolute atomic E-state index is 0. The van der Waals surface area contributed by atoms with E-state index in [1.54, 1.807) is 25.0 Å². The van der Waals surface area contributed by atoms with Gasteiger partial charge in [0.15, 0.2) is 5.17 Å². The molecule has 1 aromatic heterocycles. The summed E-state index contributed by atoms with van der Waals surface area (Å²) < 4.78 is 0. The van der Waals surface area contributed by atoms with Gasteiger partial charge in [0, 0.05) is 30.8 Å². The number of nitrogens with one attached hydrogen (secondary N) is 1. The van der Waals surface area contributed by atoms with Gasteiger partial charge in [0.1, 0.15) is 0 Å². The minimum atomic E-state index is 0. The molecule has 1 aromatic rings. The Labute approximate surface area is 98.7 Å². The van der Waals surface area contributed by atoms with Gasteiger partial charge in [-0.15, -0.1) is 12.4 Å². The van der Waals surface area contributed by atoms with Crippen LogP contribution in [0.25, 0.3) is 0 Å². The molecule has 0 unspecified atom stereocenters. The molecule has 1 aliphatic heterocycles. The van der Waals surface area contributed by atoms with Gasteiger partial charge in [-0.05, 0) is 12.1 Å². The van der Waals surface area contributed by atoms with Crippen molar-refractivity contribution in [2.24, 2.45) is 10.1 Å². The summed E-state index contributed by atoms with van der Waals surface area (Å²) >= 11 is 1.65. The Morgan fingerprint density at radius 3 is 2.93 bits per heavy atom. The summed E-state index contributed by atoms with van der Waals surface area (Å²) in [7, 11) is 1.75. The molecule has 0 spiro atoms. The Balaban J connectivity index is 0.00000112. The fraction of sp³-hybridized carbons (Fsp3) is 0.222. The summed E-state index contributed by atoms with van der Waals surface area (Å²) in [5.41, 5.74) is 4.96. The maximum absolute atomic E-state index is 4.23. The molecule has 0 amide bonds. The highest BCUT2D eigenvalue weighted by molar-refractivity contribution is 8.14. The Hall–Kier alpha value is -1.07. The lowest BCUT2D eigenvalue weighted by molar-refractivity contribution is 1.03. The maximum atomic E-state index is 4.23. The van der Waals surface area contributed by atoms with Crippen molar-refractivity contribution < 1.29 is 0 Å². The Kier molecular flexibility index (Phi) is 4.58. The van der Waals surface area contributed by atoms with Crippen molar-refractivity contribution in [3.63, 3.8) is 0 Å². The van der Waals surface area contributed by atoms with Gasteiger partial charge in [-0.2, -0.15) is 5.10 Å². The van der Waals surface area contributed by atoms with Crippen LogP contribution in [0.15, 0.2) is 34.6 Å². The molecule has 0 saturated heterocycles. The summed E-state index contributed by atoms with van der Waals surface area (Å²) in [5.74, 6) is 0.839. The van der Waals surface area contributed by atoms with Crippen molar-refractivity contribution in [2.45, 2.75) is 0 Å². The zero-order valence-electron chi connectivity index (χ0n) is 8.17. The van der Waals surface area contributed by atoms with Crippen LogP contribution in [0, 0.1) is 0 Å². The van der Waals surface area contributed by atoms with Crippen LogP contribution >= 0.6 is 24.2 Å². The first kappa shape index (κ1) is 12.0. The molecule has 0 atom stereocenters. The third kappa shape index (κ3) is 2.94. The monoisotopic (exact) mass is 242 g/mol. The summed E-state index contributed by atoms with van der Waals surface area (Å²) in [4.78, 5) is 8.07. The average molecular weight is 243 g/mol. The third-order valence-corrected chi connectivity index (χ3v) is 2.80. The minimum Gasteiger partial charge on any atom is -0.265 e. The smallest absolute Gasteiger partial charge is 0.177 e. The Morgan fingerprint density at radius 1 is 1.53 bits per heavy atom. The predicted molar refractivity (Wildman–Crippen MR) is 67.0 cm³/mol. The van der Waals surface area contributed by atoms with E-state index in [0.29, 0.717) is 0 Å². The van der Waals surface area contributed by atoms with E-state index in [2.05, 4.69) is 20.5 Å². The highest BCUT2D eigenvalue weighted by Gasteiger charge is 2.11. The van der Waals surface area contributed by atoms with Gasteiger partial charge >= 0.3 is 0 Å². The van der Waals surface area contributed by atoms with Crippen LogP contribution in [0.3, 0.4) is 0 Å². The molecule has 0 radical (unpaired) electrons. The second kappa shape index (κ2) is 5.72. The van der Waals surface area contributed by atoms with E-state index in [1.807, 2.05) is 18.3 Å². The molecular formula is C9H11ClN4S. The van der Waals surface area contributed by atoms with E-state index >= 15 is 0 Å². The molecule has 2 rings (SSSR count). The molecule has 0 aromatic carbocycles. The summed E-state index contributed by atoms with van der Waals surface area (Å²) in [6.07, 6.45) is 3.57. The molecule has 0 bridgehead atoms. The third-order valence-electron chi connectivity index (χ3n) is 1.83. The molecule has 15 heavy (non-hydrogen) atoms. The standard InChI is InChI=1S/C9H10N4S.ClH/c1-10-9-13-12-8(6-14-9)7-3-2-4-11-5-7;/h2-5H,6H2,1H3,(H,10,13);1H. The molecule has 0 saturated carbocycles. The predicted octanol–water partition coefficient (Wildman–Crippen LogP) is 1.53. The number of nitrogens with zero attached hydrogens (tertiary/aromatic N) is 3. The van der Waals surface area contributed by atoms with Gasteiger partial charge in [-0.1, -0.05) is 11.8 Å². The molecule has 1 N–H and O–H groups in total. The molecule has 0 aliphatic carbocycles. The van der Waals surface area contributed by atoms with Crippen LogP contribution in [0.2, 0.25) is 0 Å². The molecule has 6 heteroatoms. The van der Waals surface area contributed by atoms with Crippen molar-refractivity contribution in [1.29, 1.82) is 0 Å². The van der Waals surface area contributed by atoms with E-state index in [-0.39, 0.29) is 12.4 Å². The summed E-state index contributed by atoms with van der Waals surface area (Å²) in [5, 5.41) is 5.09. The normalized spacial score (nSPS) is 17.7. The highest BCUT2D eigenvalue weighted by atomic mass is 35.5. The van der Waals surface area contributed by atoms with E-state index in [4.69, 9.17) is 0 Å². The van der Waals surface area contributed by atoms with Crippen LogP contribution in [0.1, 0.15) is 5.56 Å². The quantitative estimate of drug-likeness (QED) is 0.813. The van der Waals surface area contributed by atoms with Crippen molar-refractivity contribution in [1.82, 2.24) is 10.4 Å². The molecule has 4 nitrogen and oxygen atoms in total. The summed E-state index contributed by atoms with van der Waals surface area (Å²) in [6, 6.07) is 3.91. The van der Waals surface area contributed by atoms with Crippen molar-refractivity contribution in [2.75, 3.05) is 12.8 Å². The van der Waals surface area contributed by atoms with Crippen LogP contribution in [0.5, 0.6) is 0 Å². The number of aromatic nitrogens is 1. The molecule has 1 aliphatic rings. The van der Waals surface area contributed by atoms with Crippen LogP contribution in [-0.4, -0.2) is 28.7 Å². The Morgan fingerprint density at radius 2 is 2.40 bits per heavy atom. The van der Waals surface area contributed by atoms with Gasteiger partial charge in [0.25, 0.3) is 0 Å². The SMILES string of the molecule is CN=C1NN=C(c2cccnc2)CS1.Cl. The number of hydrazone groups is 1. The first-order chi connectivity index (χ1) is 6.90. The molecule has 0 fully saturated rings. The lowest BCUT2D eigenvalue weighted by Gasteiger charge is -2.13. The largest absolute Gasteiger partial charge is 0.265 e. The van der Waals surface area contributed by atoms with Gasteiger partial charge in [0.2, 0.25) is 0 Å². The molecular weight excluding hydrogens is 232 g/mol. The van der Waals surface area contributed by atoms with E-state index < -0.39 is 0 Å². The maximum Gasteiger partial charge on any atom is 0.177 e. The van der Waals surface area contributed by atoms with Crippen LogP contribution < -0.4 is 5.43 Å². The van der Waals surface area contributed by atoms with Gasteiger partial charge in [-0.25, -0.2) is 0 Å². The number of aliphatic imine (C=N–C) groups is 1. The van der Waals surface area contributed by atoms with E-state index in [9.17, 15) is 0 Å². The van der Waals surface area contributed by atoms with Crippen molar-refractivity contribution in [3.8, 4) is 0 Å². The Bertz CT molecular complexity index is 377. The second-order valence-corrected chi connectivity index (χ2v) is 3.69. The van der Waals surface area contributed by atoms with Crippen molar-refractivity contribution >= 4 is 35.0 Å². The first-order valence-corrected chi connectivity index (χ1v) is 5.21. The second-order valence-electron chi connectivity index (χ2n) is 2.73. The van der Waals surface area contributed by atoms with Crippen molar-refractivity contribution in [3.05, 3.63) is 30.1 Å². The number of halogens is 1. The van der Waals surface area contributed by atoms with E-state index in [0.717, 1.165) is 22.2 Å². The molecule has 2 heterocycles. The van der Waals surface area contributed by atoms with Crippen LogP contribution in [-0.2, 0) is 0 Å². The zero-order chi connectivity index (χ0) is 9.80. The number of pyridine rings is 1. The number of hydrogen-bond acceptors (Lipinski definition) is 4. The van der Waals surface area contributed by atoms with E-state index in [1.165, 1.54) is 0 Å². The summed E-state index contributed by atoms with van der Waals surface area (Å²) in [6.45, 7) is 0. The first-order valence-electron chi connectivity index (χ1n) is 4.22. The number of rotatable bonds is 1. The van der Waals surface area contributed by atoms with Crippen LogP contribution in [0.4, 0.5) is 0 Å². The number of thioether (sulfide) groups is 1. The lowest BCUT2D eigenvalue weighted by atomic mass is 10.2. The van der Waals surface area contributed by atoms with Gasteiger partial charge in [-0.3, -0.25) is 15.4 Å². The topological polar surface area (TPSA) is 49.6 Å². The number of amidine groups is 1. The lowest BCUT2D eigenvalue weighted by Crippen LogP contribution is -2.25. The average Bonchev–Trinajstić information content (AvgIpc) is 2.30. The fourth-order valence-corrected chi connectivity index (χ4v) is 1.86. The fourth-order valence-electron chi connectivity index (χ4n) is 1.11. The number of hydrogen-bond donors (Lipinski definition) is 1. The highest BCUT2D eigenvalue weighted by Crippen LogP contribution is 2.12. The van der Waals surface area contributed by atoms with Gasteiger partial charge < -0.3 is 0 Å². The zero-order valence-corrected chi connectivity index (χ0v) is 9.81. The molecule has 80 valence electrons. The van der Waals surface area contributed by atoms with Gasteiger partial charge in [0.05, 0.1) is 5.71 Å².